The molecule has 0 saturated carbocycles. The van der Waals surface area contributed by atoms with Gasteiger partial charge in [0.1, 0.15) is 0 Å². The van der Waals surface area contributed by atoms with Crippen molar-refractivity contribution < 1.29 is 9.59 Å². The van der Waals surface area contributed by atoms with Crippen LogP contribution >= 0.6 is 0 Å². The van der Waals surface area contributed by atoms with E-state index in [9.17, 15) is 9.59 Å². The molecule has 1 aromatic carbocycles. The summed E-state index contributed by atoms with van der Waals surface area (Å²) >= 11 is 0. The molecule has 2 aliphatic rings. The zero-order valence-electron chi connectivity index (χ0n) is 13.9. The molecule has 2 N–H and O–H groups in total. The molecule has 2 aliphatic carbocycles. The Balaban J connectivity index is 1.57. The Morgan fingerprint density at radius 2 is 1.08 bits per heavy atom. The molecule has 0 heterocycles. The molecule has 0 atom stereocenters. The van der Waals surface area contributed by atoms with Gasteiger partial charge in [-0.25, -0.2) is 0 Å². The molecule has 0 fully saturated rings. The van der Waals surface area contributed by atoms with E-state index in [2.05, 4.69) is 10.6 Å². The van der Waals surface area contributed by atoms with Gasteiger partial charge in [-0.15, -0.1) is 0 Å². The monoisotopic (exact) mass is 324 g/mol. The van der Waals surface area contributed by atoms with E-state index in [1.807, 2.05) is 36.4 Å². The zero-order valence-corrected chi connectivity index (χ0v) is 13.9. The third-order valence-corrected chi connectivity index (χ3v) is 4.57. The van der Waals surface area contributed by atoms with Crippen molar-refractivity contribution in [2.45, 2.75) is 51.4 Å². The molecule has 4 nitrogen and oxygen atoms in total. The van der Waals surface area contributed by atoms with Gasteiger partial charge < -0.3 is 10.6 Å². The summed E-state index contributed by atoms with van der Waals surface area (Å²) < 4.78 is 0. The van der Waals surface area contributed by atoms with E-state index >= 15 is 0 Å². The SMILES string of the molecule is O=C(Nc1ccc(NC(=O)C2=CCCCC2)cc1)C1=CCCCC1. The van der Waals surface area contributed by atoms with Crippen molar-refractivity contribution in [3.63, 3.8) is 0 Å². The lowest BCUT2D eigenvalue weighted by Crippen LogP contribution is -2.17. The van der Waals surface area contributed by atoms with Gasteiger partial charge in [0.05, 0.1) is 0 Å². The molecule has 3 rings (SSSR count). The van der Waals surface area contributed by atoms with Gasteiger partial charge in [-0.2, -0.15) is 0 Å². The van der Waals surface area contributed by atoms with E-state index in [4.69, 9.17) is 0 Å². The summed E-state index contributed by atoms with van der Waals surface area (Å²) in [4.78, 5) is 24.4. The molecule has 0 spiro atoms. The summed E-state index contributed by atoms with van der Waals surface area (Å²) in [5.41, 5.74) is 3.26. The van der Waals surface area contributed by atoms with Crippen molar-refractivity contribution in [1.29, 1.82) is 0 Å². The van der Waals surface area contributed by atoms with Crippen LogP contribution in [0.25, 0.3) is 0 Å². The van der Waals surface area contributed by atoms with Gasteiger partial charge >= 0.3 is 0 Å². The Hall–Kier alpha value is -2.36. The van der Waals surface area contributed by atoms with Gasteiger partial charge in [0.15, 0.2) is 0 Å². The summed E-state index contributed by atoms with van der Waals surface area (Å²) in [6.07, 6.45) is 12.3. The van der Waals surface area contributed by atoms with E-state index in [0.29, 0.717) is 0 Å². The summed E-state index contributed by atoms with van der Waals surface area (Å²) in [6.45, 7) is 0. The van der Waals surface area contributed by atoms with E-state index in [1.165, 1.54) is 12.8 Å². The van der Waals surface area contributed by atoms with Crippen LogP contribution in [-0.4, -0.2) is 11.8 Å². The van der Waals surface area contributed by atoms with Crippen molar-refractivity contribution >= 4 is 23.2 Å². The first-order valence-electron chi connectivity index (χ1n) is 8.83. The summed E-state index contributed by atoms with van der Waals surface area (Å²) in [6, 6.07) is 7.30. The van der Waals surface area contributed by atoms with E-state index in [0.717, 1.165) is 61.0 Å². The average Bonchev–Trinajstić information content (AvgIpc) is 2.65. The van der Waals surface area contributed by atoms with Crippen LogP contribution in [0.15, 0.2) is 47.6 Å². The number of nitrogens with one attached hydrogen (secondary N) is 2. The maximum Gasteiger partial charge on any atom is 0.251 e. The molecular formula is C20H24N2O2. The molecule has 126 valence electrons. The van der Waals surface area contributed by atoms with Gasteiger partial charge in [-0.1, -0.05) is 12.2 Å². The lowest BCUT2D eigenvalue weighted by molar-refractivity contribution is -0.113. The highest BCUT2D eigenvalue weighted by atomic mass is 16.2. The standard InChI is InChI=1S/C20H24N2O2/c23-19(15-7-3-1-4-8-15)21-17-11-13-18(14-12-17)22-20(24)16-9-5-2-6-10-16/h7,9,11-14H,1-6,8,10H2,(H,21,23)(H,22,24). The Morgan fingerprint density at radius 1 is 0.667 bits per heavy atom. The number of allylic oxidation sites excluding steroid dienone is 2. The molecule has 0 aliphatic heterocycles. The van der Waals surface area contributed by atoms with Gasteiger partial charge in [0, 0.05) is 22.5 Å². The smallest absolute Gasteiger partial charge is 0.251 e. The molecule has 0 aromatic heterocycles. The van der Waals surface area contributed by atoms with Gasteiger partial charge in [0.25, 0.3) is 11.8 Å². The van der Waals surface area contributed by atoms with Crippen LogP contribution in [-0.2, 0) is 9.59 Å². The maximum absolute atomic E-state index is 12.2. The van der Waals surface area contributed by atoms with Crippen molar-refractivity contribution in [1.82, 2.24) is 0 Å². The fourth-order valence-electron chi connectivity index (χ4n) is 3.15. The summed E-state index contributed by atoms with van der Waals surface area (Å²) in [5, 5.41) is 5.85. The number of hydrogen-bond acceptors (Lipinski definition) is 2. The lowest BCUT2D eigenvalue weighted by atomic mass is 9.99. The van der Waals surface area contributed by atoms with Crippen LogP contribution in [0.2, 0.25) is 0 Å². The van der Waals surface area contributed by atoms with Crippen molar-refractivity contribution in [3.05, 3.63) is 47.6 Å². The minimum atomic E-state index is -0.0150. The molecule has 0 unspecified atom stereocenters. The van der Waals surface area contributed by atoms with Crippen LogP contribution in [0.5, 0.6) is 0 Å². The van der Waals surface area contributed by atoms with E-state index < -0.39 is 0 Å². The normalized spacial score (nSPS) is 17.5. The molecule has 4 heteroatoms. The van der Waals surface area contributed by atoms with E-state index in [1.54, 1.807) is 0 Å². The quantitative estimate of drug-likeness (QED) is 0.852. The fourth-order valence-corrected chi connectivity index (χ4v) is 3.15. The molecule has 0 bridgehead atoms. The number of carbonyl (C=O) groups is 2. The Morgan fingerprint density at radius 3 is 1.42 bits per heavy atom. The summed E-state index contributed by atoms with van der Waals surface area (Å²) in [5.74, 6) is -0.0299. The number of amides is 2. The minimum Gasteiger partial charge on any atom is -0.322 e. The Kier molecular flexibility index (Phi) is 5.47. The van der Waals surface area contributed by atoms with Crippen LogP contribution in [0.1, 0.15) is 51.4 Å². The minimum absolute atomic E-state index is 0.0150. The molecule has 2 amide bonds. The second kappa shape index (κ2) is 7.95. The zero-order chi connectivity index (χ0) is 16.8. The first kappa shape index (κ1) is 16.5. The molecule has 1 aromatic rings. The van der Waals surface area contributed by atoms with Crippen LogP contribution in [0.4, 0.5) is 11.4 Å². The highest BCUT2D eigenvalue weighted by Gasteiger charge is 2.14. The second-order valence-corrected chi connectivity index (χ2v) is 6.44. The number of anilines is 2. The molecule has 0 saturated heterocycles. The van der Waals surface area contributed by atoms with Crippen LogP contribution < -0.4 is 10.6 Å². The predicted octanol–water partition coefficient (Wildman–Crippen LogP) is 4.56. The first-order valence-corrected chi connectivity index (χ1v) is 8.83. The lowest BCUT2D eigenvalue weighted by Gasteiger charge is -2.14. The number of carbonyl (C=O) groups excluding carboxylic acids is 2. The number of benzene rings is 1. The Bertz CT molecular complexity index is 612. The van der Waals surface area contributed by atoms with Gasteiger partial charge in [0.2, 0.25) is 0 Å². The third-order valence-electron chi connectivity index (χ3n) is 4.57. The number of rotatable bonds is 4. The first-order chi connectivity index (χ1) is 11.7. The second-order valence-electron chi connectivity index (χ2n) is 6.44. The maximum atomic E-state index is 12.2. The van der Waals surface area contributed by atoms with Crippen LogP contribution in [0, 0.1) is 0 Å². The molecule has 24 heavy (non-hydrogen) atoms. The highest BCUT2D eigenvalue weighted by Crippen LogP contribution is 2.22. The van der Waals surface area contributed by atoms with Gasteiger partial charge in [-0.3, -0.25) is 9.59 Å². The van der Waals surface area contributed by atoms with Gasteiger partial charge in [-0.05, 0) is 75.6 Å². The number of hydrogen-bond donors (Lipinski definition) is 2. The van der Waals surface area contributed by atoms with Crippen molar-refractivity contribution in [2.24, 2.45) is 0 Å². The Labute approximate surface area is 143 Å². The summed E-state index contributed by atoms with van der Waals surface area (Å²) in [7, 11) is 0. The predicted molar refractivity (Wildman–Crippen MR) is 96.8 cm³/mol. The average molecular weight is 324 g/mol. The van der Waals surface area contributed by atoms with Crippen molar-refractivity contribution in [2.75, 3.05) is 10.6 Å². The van der Waals surface area contributed by atoms with E-state index in [-0.39, 0.29) is 11.8 Å². The van der Waals surface area contributed by atoms with Crippen LogP contribution in [0.3, 0.4) is 0 Å². The molecular weight excluding hydrogens is 300 g/mol. The third kappa shape index (κ3) is 4.34. The largest absolute Gasteiger partial charge is 0.322 e. The highest BCUT2D eigenvalue weighted by molar-refractivity contribution is 6.05. The topological polar surface area (TPSA) is 58.2 Å². The van der Waals surface area contributed by atoms with Crippen molar-refractivity contribution in [3.8, 4) is 0 Å². The fraction of sp³-hybridized carbons (Fsp3) is 0.400. The molecule has 0 radical (unpaired) electrons.